The molecule has 0 bridgehead atoms. The lowest BCUT2D eigenvalue weighted by atomic mass is 10.2. The van der Waals surface area contributed by atoms with E-state index >= 15 is 0 Å². The highest BCUT2D eigenvalue weighted by molar-refractivity contribution is 7.89. The number of nitrogens with two attached hydrogens (primary N) is 2. The number of aryl methyl sites for hydroxylation is 1. The van der Waals surface area contributed by atoms with Crippen molar-refractivity contribution < 1.29 is 17.9 Å². The van der Waals surface area contributed by atoms with Gasteiger partial charge in [-0.15, -0.1) is 0 Å². The van der Waals surface area contributed by atoms with E-state index in [1.54, 1.807) is 24.3 Å². The second-order valence-corrected chi connectivity index (χ2v) is 8.59. The minimum atomic E-state index is -3.51. The maximum absolute atomic E-state index is 12.2. The lowest BCUT2D eigenvalue weighted by Gasteiger charge is -2.10. The Kier molecular flexibility index (Phi) is 7.27. The summed E-state index contributed by atoms with van der Waals surface area (Å²) in [6.07, 6.45) is 1.97. The number of nitrogens with zero attached hydrogens (tertiary/aromatic N) is 2. The number of nitrogens with one attached hydrogen (secondary N) is 1. The number of nitrogen functional groups attached to an aromatic ring is 2. The summed E-state index contributed by atoms with van der Waals surface area (Å²) in [5, 5.41) is 0. The third-order valence-electron chi connectivity index (χ3n) is 4.33. The van der Waals surface area contributed by atoms with Crippen LogP contribution in [0.15, 0.2) is 59.6 Å². The minimum absolute atomic E-state index is 0.0919. The topological polar surface area (TPSA) is 142 Å². The Morgan fingerprint density at radius 3 is 2.39 bits per heavy atom. The molecule has 0 atom stereocenters. The summed E-state index contributed by atoms with van der Waals surface area (Å²) < 4.78 is 38.3. The lowest BCUT2D eigenvalue weighted by Crippen LogP contribution is -2.25. The van der Waals surface area contributed by atoms with Crippen LogP contribution < -0.4 is 25.7 Å². The smallest absolute Gasteiger partial charge is 0.240 e. The van der Waals surface area contributed by atoms with Crippen molar-refractivity contribution in [2.45, 2.75) is 24.8 Å². The van der Waals surface area contributed by atoms with E-state index < -0.39 is 10.0 Å². The van der Waals surface area contributed by atoms with Gasteiger partial charge >= 0.3 is 0 Å². The number of sulfonamides is 1. The molecule has 3 aromatic rings. The van der Waals surface area contributed by atoms with Gasteiger partial charge in [0.15, 0.2) is 11.6 Å². The predicted molar refractivity (Wildman–Crippen MR) is 118 cm³/mol. The molecule has 0 radical (unpaired) electrons. The lowest BCUT2D eigenvalue weighted by molar-refractivity contribution is 0.302. The van der Waals surface area contributed by atoms with Crippen LogP contribution >= 0.6 is 0 Å². The van der Waals surface area contributed by atoms with Crippen LogP contribution in [-0.2, 0) is 16.6 Å². The van der Waals surface area contributed by atoms with Crippen LogP contribution in [0.2, 0.25) is 0 Å². The Morgan fingerprint density at radius 2 is 1.71 bits per heavy atom. The number of aromatic nitrogens is 2. The molecule has 1 heterocycles. The summed E-state index contributed by atoms with van der Waals surface area (Å²) in [5.41, 5.74) is 13.1. The minimum Gasteiger partial charge on any atom is -0.494 e. The highest BCUT2D eigenvalue weighted by Gasteiger charge is 2.12. The largest absolute Gasteiger partial charge is 0.494 e. The molecular weight excluding hydrogens is 418 g/mol. The molecule has 0 unspecified atom stereocenters. The second kappa shape index (κ2) is 10.1. The van der Waals surface area contributed by atoms with Crippen molar-refractivity contribution in [1.29, 1.82) is 0 Å². The Balaban J connectivity index is 1.39. The molecule has 0 aliphatic heterocycles. The first-order chi connectivity index (χ1) is 14.8. The first kappa shape index (κ1) is 22.3. The van der Waals surface area contributed by atoms with Crippen LogP contribution in [0.25, 0.3) is 0 Å². The highest BCUT2D eigenvalue weighted by Crippen LogP contribution is 2.20. The van der Waals surface area contributed by atoms with Crippen LogP contribution in [-0.4, -0.2) is 31.5 Å². The molecule has 164 valence electrons. The molecule has 3 rings (SSSR count). The normalized spacial score (nSPS) is 11.3. The Hall–Kier alpha value is -3.37. The van der Waals surface area contributed by atoms with Crippen LogP contribution in [0.1, 0.15) is 17.5 Å². The third-order valence-corrected chi connectivity index (χ3v) is 5.81. The maximum Gasteiger partial charge on any atom is 0.240 e. The molecule has 0 saturated carbocycles. The summed E-state index contributed by atoms with van der Waals surface area (Å²) >= 11 is 0. The quantitative estimate of drug-likeness (QED) is 0.405. The zero-order chi connectivity index (χ0) is 22.3. The van der Waals surface area contributed by atoms with Gasteiger partial charge in [-0.05, 0) is 43.2 Å². The predicted octanol–water partition coefficient (Wildman–Crippen LogP) is 2.28. The van der Waals surface area contributed by atoms with Gasteiger partial charge in [0.05, 0.1) is 17.7 Å². The zero-order valence-corrected chi connectivity index (χ0v) is 17.9. The van der Waals surface area contributed by atoms with Crippen LogP contribution in [0.3, 0.4) is 0 Å². The molecule has 0 aliphatic carbocycles. The molecule has 9 nitrogen and oxygen atoms in total. The number of benzene rings is 2. The Labute approximate surface area is 181 Å². The molecular formula is C21H25N5O4S. The average Bonchev–Trinajstić information content (AvgIpc) is 2.74. The van der Waals surface area contributed by atoms with Gasteiger partial charge in [-0.2, -0.15) is 4.98 Å². The fourth-order valence-electron chi connectivity index (χ4n) is 2.62. The van der Waals surface area contributed by atoms with Gasteiger partial charge in [-0.25, -0.2) is 18.1 Å². The summed E-state index contributed by atoms with van der Waals surface area (Å²) in [7, 11) is -3.51. The van der Waals surface area contributed by atoms with Crippen LogP contribution in [0, 0.1) is 6.92 Å². The molecule has 2 aromatic carbocycles. The molecule has 5 N–H and O–H groups in total. The van der Waals surface area contributed by atoms with E-state index in [0.29, 0.717) is 31.1 Å². The van der Waals surface area contributed by atoms with Crippen molar-refractivity contribution in [1.82, 2.24) is 14.7 Å². The molecule has 1 aromatic heterocycles. The molecule has 0 fully saturated rings. The monoisotopic (exact) mass is 443 g/mol. The second-order valence-electron chi connectivity index (χ2n) is 6.82. The van der Waals surface area contributed by atoms with Crippen molar-refractivity contribution in [3.8, 4) is 11.5 Å². The van der Waals surface area contributed by atoms with E-state index in [1.807, 2.05) is 31.2 Å². The van der Waals surface area contributed by atoms with E-state index in [2.05, 4.69) is 14.7 Å². The van der Waals surface area contributed by atoms with E-state index in [0.717, 1.165) is 11.1 Å². The van der Waals surface area contributed by atoms with E-state index in [9.17, 15) is 8.42 Å². The van der Waals surface area contributed by atoms with Gasteiger partial charge in [-0.3, -0.25) is 0 Å². The van der Waals surface area contributed by atoms with Gasteiger partial charge in [-0.1, -0.05) is 29.8 Å². The van der Waals surface area contributed by atoms with Crippen molar-refractivity contribution >= 4 is 21.8 Å². The van der Waals surface area contributed by atoms with E-state index in [-0.39, 0.29) is 23.2 Å². The van der Waals surface area contributed by atoms with E-state index in [1.165, 1.54) is 6.20 Å². The van der Waals surface area contributed by atoms with Gasteiger partial charge in [0.2, 0.25) is 16.0 Å². The SMILES string of the molecule is Cc1ccc(S(=O)(=O)NCCCOc2ccc(COc3cnc(N)nc3N)cc2)cc1. The molecule has 0 spiro atoms. The van der Waals surface area contributed by atoms with E-state index in [4.69, 9.17) is 20.9 Å². The summed E-state index contributed by atoms with van der Waals surface area (Å²) in [6, 6.07) is 14.1. The van der Waals surface area contributed by atoms with Gasteiger partial charge in [0.1, 0.15) is 12.4 Å². The summed E-state index contributed by atoms with van der Waals surface area (Å²) in [4.78, 5) is 7.94. The number of hydrogen-bond donors (Lipinski definition) is 3. The van der Waals surface area contributed by atoms with Crippen LogP contribution in [0.4, 0.5) is 11.8 Å². The molecule has 31 heavy (non-hydrogen) atoms. The zero-order valence-electron chi connectivity index (χ0n) is 17.1. The van der Waals surface area contributed by atoms with Gasteiger partial charge in [0, 0.05) is 6.54 Å². The fourth-order valence-corrected chi connectivity index (χ4v) is 3.70. The van der Waals surface area contributed by atoms with Crippen molar-refractivity contribution in [3.05, 3.63) is 65.9 Å². The first-order valence-corrected chi connectivity index (χ1v) is 11.1. The van der Waals surface area contributed by atoms with Crippen molar-refractivity contribution in [2.24, 2.45) is 0 Å². The van der Waals surface area contributed by atoms with Crippen LogP contribution in [0.5, 0.6) is 11.5 Å². The fraction of sp³-hybridized carbons (Fsp3) is 0.238. The number of anilines is 2. The molecule has 0 aliphatic rings. The van der Waals surface area contributed by atoms with Crippen molar-refractivity contribution in [2.75, 3.05) is 24.6 Å². The third kappa shape index (κ3) is 6.56. The number of rotatable bonds is 10. The molecule has 10 heteroatoms. The molecule has 0 saturated heterocycles. The Bertz CT molecular complexity index is 1100. The molecule has 0 amide bonds. The summed E-state index contributed by atoms with van der Waals surface area (Å²) in [5.74, 6) is 1.32. The number of ether oxygens (including phenoxy) is 2. The summed E-state index contributed by atoms with van der Waals surface area (Å²) in [6.45, 7) is 2.86. The standard InChI is InChI=1S/C21H25N5O4S/c1-15-3-9-18(10-4-15)31(27,28)25-11-2-12-29-17-7-5-16(6-8-17)14-30-19-13-24-21(23)26-20(19)22/h3-10,13,25H,2,11-12,14H2,1H3,(H4,22,23,24,26). The van der Waals surface area contributed by atoms with Crippen molar-refractivity contribution in [3.63, 3.8) is 0 Å². The number of hydrogen-bond acceptors (Lipinski definition) is 8. The highest BCUT2D eigenvalue weighted by atomic mass is 32.2. The average molecular weight is 444 g/mol. The first-order valence-electron chi connectivity index (χ1n) is 9.62. The Morgan fingerprint density at radius 1 is 1.00 bits per heavy atom. The van der Waals surface area contributed by atoms with Gasteiger partial charge in [0.25, 0.3) is 0 Å². The maximum atomic E-state index is 12.2. The van der Waals surface area contributed by atoms with Gasteiger partial charge < -0.3 is 20.9 Å².